The predicted octanol–water partition coefficient (Wildman–Crippen LogP) is 4.67. The van der Waals surface area contributed by atoms with Gasteiger partial charge in [-0.15, -0.1) is 0 Å². The van der Waals surface area contributed by atoms with Gasteiger partial charge in [-0.05, 0) is 47.9 Å². The Morgan fingerprint density at radius 1 is 1.23 bits per heavy atom. The van der Waals surface area contributed by atoms with E-state index < -0.39 is 17.4 Å². The second-order valence-electron chi connectivity index (χ2n) is 8.11. The number of hydrogen-bond donors (Lipinski definition) is 2. The first-order valence-electron chi connectivity index (χ1n) is 10.5. The molecule has 2 aromatic heterocycles. The van der Waals surface area contributed by atoms with E-state index in [0.29, 0.717) is 27.2 Å². The Hall–Kier alpha value is -4.19. The molecule has 1 aliphatic heterocycles. The lowest BCUT2D eigenvalue weighted by atomic mass is 9.83. The molecular formula is C26H17ClFN3O4. The normalized spacial score (nSPS) is 15.0. The average Bonchev–Trinajstić information content (AvgIpc) is 2.84. The lowest BCUT2D eigenvalue weighted by molar-refractivity contribution is 0.282. The molecule has 5 rings (SSSR count). The molecule has 0 radical (unpaired) electrons. The number of hydrogen-bond acceptors (Lipinski definition) is 7. The van der Waals surface area contributed by atoms with E-state index in [1.54, 1.807) is 31.2 Å². The highest BCUT2D eigenvalue weighted by atomic mass is 35.5. The van der Waals surface area contributed by atoms with Gasteiger partial charge in [0.15, 0.2) is 5.75 Å². The van der Waals surface area contributed by atoms with Crippen molar-refractivity contribution in [1.82, 2.24) is 4.98 Å². The summed E-state index contributed by atoms with van der Waals surface area (Å²) >= 11 is 6.00. The van der Waals surface area contributed by atoms with Gasteiger partial charge in [0.2, 0.25) is 5.88 Å². The van der Waals surface area contributed by atoms with Crippen molar-refractivity contribution in [1.29, 1.82) is 5.26 Å². The Kier molecular flexibility index (Phi) is 5.52. The van der Waals surface area contributed by atoms with Crippen molar-refractivity contribution in [2.75, 3.05) is 0 Å². The topological polar surface area (TPSA) is 122 Å². The van der Waals surface area contributed by atoms with Crippen LogP contribution >= 0.6 is 11.6 Å². The molecule has 3 N–H and O–H groups in total. The summed E-state index contributed by atoms with van der Waals surface area (Å²) in [6.45, 7) is 1.55. The Morgan fingerprint density at radius 3 is 2.71 bits per heavy atom. The van der Waals surface area contributed by atoms with Crippen molar-refractivity contribution in [3.63, 3.8) is 0 Å². The number of aliphatic hydroxyl groups is 1. The van der Waals surface area contributed by atoms with Crippen LogP contribution in [0.3, 0.4) is 0 Å². The summed E-state index contributed by atoms with van der Waals surface area (Å²) in [4.78, 5) is 17.2. The van der Waals surface area contributed by atoms with E-state index in [2.05, 4.69) is 4.98 Å². The Balaban J connectivity index is 1.71. The van der Waals surface area contributed by atoms with Crippen molar-refractivity contribution < 1.29 is 18.7 Å². The van der Waals surface area contributed by atoms with Crippen LogP contribution in [0.5, 0.6) is 5.75 Å². The first kappa shape index (κ1) is 22.6. The summed E-state index contributed by atoms with van der Waals surface area (Å²) in [5.74, 6) is -1.93. The molecule has 1 unspecified atom stereocenters. The summed E-state index contributed by atoms with van der Waals surface area (Å²) in [5, 5.41) is 20.0. The zero-order chi connectivity index (χ0) is 24.9. The van der Waals surface area contributed by atoms with Crippen molar-refractivity contribution in [2.24, 2.45) is 5.73 Å². The molecular weight excluding hydrogens is 473 g/mol. The minimum absolute atomic E-state index is 0.0318. The number of rotatable bonds is 3. The van der Waals surface area contributed by atoms with E-state index in [1.807, 2.05) is 6.07 Å². The zero-order valence-electron chi connectivity index (χ0n) is 18.3. The first-order chi connectivity index (χ1) is 16.8. The Morgan fingerprint density at radius 2 is 2.03 bits per heavy atom. The van der Waals surface area contributed by atoms with Gasteiger partial charge in [-0.3, -0.25) is 0 Å². The number of allylic oxidation sites excluding steroid dienone is 1. The van der Waals surface area contributed by atoms with Crippen molar-refractivity contribution in [2.45, 2.75) is 19.4 Å². The molecule has 1 atom stereocenters. The highest BCUT2D eigenvalue weighted by Gasteiger charge is 2.37. The van der Waals surface area contributed by atoms with E-state index in [9.17, 15) is 15.2 Å². The monoisotopic (exact) mass is 489 g/mol. The van der Waals surface area contributed by atoms with Crippen LogP contribution in [0.25, 0.3) is 22.1 Å². The maximum atomic E-state index is 15.6. The largest absolute Gasteiger partial charge is 0.439 e. The van der Waals surface area contributed by atoms with Gasteiger partial charge in [0.25, 0.3) is 0 Å². The smallest absolute Gasteiger partial charge is 0.344 e. The highest BCUT2D eigenvalue weighted by molar-refractivity contribution is 6.30. The molecule has 7 nitrogen and oxygen atoms in total. The van der Waals surface area contributed by atoms with Gasteiger partial charge >= 0.3 is 5.63 Å². The number of aliphatic hydroxyl groups excluding tert-OH is 1. The fraction of sp³-hybridized carbons (Fsp3) is 0.115. The van der Waals surface area contributed by atoms with E-state index in [-0.39, 0.29) is 40.5 Å². The zero-order valence-corrected chi connectivity index (χ0v) is 19.1. The fourth-order valence-electron chi connectivity index (χ4n) is 4.23. The van der Waals surface area contributed by atoms with Crippen LogP contribution in [0.4, 0.5) is 4.39 Å². The van der Waals surface area contributed by atoms with Gasteiger partial charge in [0.05, 0.1) is 23.5 Å². The minimum Gasteiger partial charge on any atom is -0.439 e. The number of fused-ring (bicyclic) bond motifs is 3. The highest BCUT2D eigenvalue weighted by Crippen LogP contribution is 2.44. The standard InChI is InChI=1S/C26H17ClFN3O4/c1-12-6-15(10-31-24(12)27)14-3-5-16(19(28)8-14)21-18(9-29)25(30)35-23-17-4-2-13(11-32)7-20(17)34-26(33)22(21)23/h2-8,10,21,32H,11,30H2,1H3. The number of aryl methyl sites for hydroxylation is 1. The third kappa shape index (κ3) is 3.71. The number of nitrogens with two attached hydrogens (primary N) is 1. The number of nitriles is 1. The number of benzene rings is 2. The summed E-state index contributed by atoms with van der Waals surface area (Å²) in [5.41, 5.74) is 7.83. The van der Waals surface area contributed by atoms with E-state index in [1.165, 1.54) is 24.4 Å². The van der Waals surface area contributed by atoms with Gasteiger partial charge in [0, 0.05) is 17.3 Å². The first-order valence-corrected chi connectivity index (χ1v) is 10.9. The van der Waals surface area contributed by atoms with Crippen molar-refractivity contribution in [3.8, 4) is 22.9 Å². The lowest BCUT2D eigenvalue weighted by Gasteiger charge is -2.26. The second kappa shape index (κ2) is 8.55. The summed E-state index contributed by atoms with van der Waals surface area (Å²) in [6, 6.07) is 13.0. The molecule has 0 amide bonds. The quantitative estimate of drug-likeness (QED) is 0.317. The summed E-state index contributed by atoms with van der Waals surface area (Å²) in [7, 11) is 0. The van der Waals surface area contributed by atoms with Crippen LogP contribution in [0.15, 0.2) is 69.3 Å². The number of aromatic nitrogens is 1. The number of nitrogens with zero attached hydrogens (tertiary/aromatic N) is 2. The van der Waals surface area contributed by atoms with Crippen molar-refractivity contribution in [3.05, 3.63) is 104 Å². The van der Waals surface area contributed by atoms with Gasteiger partial charge < -0.3 is 20.0 Å². The van der Waals surface area contributed by atoms with Crippen LogP contribution in [-0.2, 0) is 6.61 Å². The molecule has 35 heavy (non-hydrogen) atoms. The fourth-order valence-corrected chi connectivity index (χ4v) is 4.33. The third-order valence-corrected chi connectivity index (χ3v) is 6.37. The number of ether oxygens (including phenoxy) is 1. The van der Waals surface area contributed by atoms with Crippen LogP contribution in [0.1, 0.15) is 28.2 Å². The molecule has 0 bridgehead atoms. The average molecular weight is 490 g/mol. The van der Waals surface area contributed by atoms with E-state index in [4.69, 9.17) is 26.5 Å². The second-order valence-corrected chi connectivity index (χ2v) is 8.47. The molecule has 2 aromatic carbocycles. The van der Waals surface area contributed by atoms with Crippen molar-refractivity contribution >= 4 is 22.6 Å². The number of halogens is 2. The molecule has 0 aliphatic carbocycles. The SMILES string of the molecule is Cc1cc(-c2ccc(C3C(C#N)=C(N)Oc4c3c(=O)oc3cc(CO)ccc43)c(F)c2)cnc1Cl. The summed E-state index contributed by atoms with van der Waals surface area (Å²) in [6.07, 6.45) is 1.54. The van der Waals surface area contributed by atoms with Gasteiger partial charge in [-0.25, -0.2) is 14.2 Å². The Labute approximate surface area is 203 Å². The summed E-state index contributed by atoms with van der Waals surface area (Å²) < 4.78 is 26.7. The van der Waals surface area contributed by atoms with Crippen LogP contribution < -0.4 is 16.1 Å². The molecule has 0 fully saturated rings. The van der Waals surface area contributed by atoms with Gasteiger partial charge in [-0.1, -0.05) is 29.8 Å². The molecule has 174 valence electrons. The molecule has 0 saturated heterocycles. The van der Waals surface area contributed by atoms with Gasteiger partial charge in [0.1, 0.15) is 28.2 Å². The Bertz CT molecular complexity index is 1660. The molecule has 1 aliphatic rings. The van der Waals surface area contributed by atoms with Crippen LogP contribution in [-0.4, -0.2) is 10.1 Å². The lowest BCUT2D eigenvalue weighted by Crippen LogP contribution is -2.27. The van der Waals surface area contributed by atoms with Crippen LogP contribution in [0.2, 0.25) is 5.15 Å². The maximum absolute atomic E-state index is 15.6. The molecule has 4 aromatic rings. The van der Waals surface area contributed by atoms with Gasteiger partial charge in [-0.2, -0.15) is 5.26 Å². The molecule has 3 heterocycles. The van der Waals surface area contributed by atoms with E-state index >= 15 is 4.39 Å². The minimum atomic E-state index is -1.14. The number of pyridine rings is 1. The van der Waals surface area contributed by atoms with Crippen LogP contribution in [0, 0.1) is 24.1 Å². The van der Waals surface area contributed by atoms with E-state index in [0.717, 1.165) is 5.56 Å². The molecule has 9 heteroatoms. The predicted molar refractivity (Wildman–Crippen MR) is 127 cm³/mol. The third-order valence-electron chi connectivity index (χ3n) is 5.97. The maximum Gasteiger partial charge on any atom is 0.344 e. The molecule has 0 saturated carbocycles. The molecule has 0 spiro atoms.